The highest BCUT2D eigenvalue weighted by Crippen LogP contribution is 2.37. The molecule has 2 rings (SSSR count). The third-order valence-electron chi connectivity index (χ3n) is 2.99. The minimum atomic E-state index is 0.432. The van der Waals surface area contributed by atoms with Gasteiger partial charge in [0.25, 0.3) is 0 Å². The summed E-state index contributed by atoms with van der Waals surface area (Å²) in [6, 6.07) is 8.82. The van der Waals surface area contributed by atoms with Crippen LogP contribution in [0, 0.1) is 0 Å². The van der Waals surface area contributed by atoms with Crippen LogP contribution in [0.2, 0.25) is 0 Å². The largest absolute Gasteiger partial charge is 0.492 e. The molecule has 2 atom stereocenters. The van der Waals surface area contributed by atoms with Gasteiger partial charge >= 0.3 is 0 Å². The predicted molar refractivity (Wildman–Crippen MR) is 74.9 cm³/mol. The molecule has 2 unspecified atom stereocenters. The molecule has 0 aliphatic carbocycles. The van der Waals surface area contributed by atoms with Gasteiger partial charge in [0.15, 0.2) is 0 Å². The van der Waals surface area contributed by atoms with Crippen molar-refractivity contribution in [3.05, 3.63) is 29.8 Å². The van der Waals surface area contributed by atoms with E-state index >= 15 is 0 Å². The number of ether oxygens (including phenoxy) is 1. The summed E-state index contributed by atoms with van der Waals surface area (Å²) in [5, 5.41) is 4.13. The number of para-hydroxylation sites is 1. The molecule has 1 aliphatic rings. The molecule has 0 spiro atoms. The third-order valence-corrected chi connectivity index (χ3v) is 4.47. The molecule has 2 nitrogen and oxygen atoms in total. The highest BCUT2D eigenvalue weighted by molar-refractivity contribution is 7.99. The van der Waals surface area contributed by atoms with E-state index in [1.165, 1.54) is 17.7 Å². The van der Waals surface area contributed by atoms with Crippen LogP contribution in [-0.2, 0) is 0 Å². The second-order valence-electron chi connectivity index (χ2n) is 4.29. The lowest BCUT2D eigenvalue weighted by molar-refractivity contribution is 0.261. The summed E-state index contributed by atoms with van der Waals surface area (Å²) < 4.78 is 5.85. The molecule has 0 aromatic heterocycles. The van der Waals surface area contributed by atoms with Crippen LogP contribution >= 0.6 is 11.8 Å². The number of nitrogens with one attached hydrogen (secondary N) is 1. The van der Waals surface area contributed by atoms with Gasteiger partial charge in [-0.1, -0.05) is 32.0 Å². The van der Waals surface area contributed by atoms with Crippen molar-refractivity contribution in [1.29, 1.82) is 0 Å². The van der Waals surface area contributed by atoms with E-state index in [-0.39, 0.29) is 0 Å². The van der Waals surface area contributed by atoms with Gasteiger partial charge < -0.3 is 10.1 Å². The van der Waals surface area contributed by atoms with Gasteiger partial charge in [0, 0.05) is 5.56 Å². The quantitative estimate of drug-likeness (QED) is 0.868. The maximum atomic E-state index is 5.85. The maximum Gasteiger partial charge on any atom is 0.124 e. The standard InChI is InChI=1S/C14H21NOS/c1-3-9-17-13-10-16-12-8-6-5-7-11(12)14(13)15-4-2/h5-8,13-15H,3-4,9-10H2,1-2H3. The normalized spacial score (nSPS) is 22.9. The first-order valence-corrected chi connectivity index (χ1v) is 7.48. The number of hydrogen-bond acceptors (Lipinski definition) is 3. The Labute approximate surface area is 108 Å². The van der Waals surface area contributed by atoms with Crippen molar-refractivity contribution >= 4 is 11.8 Å². The topological polar surface area (TPSA) is 21.3 Å². The molecular weight excluding hydrogens is 230 g/mol. The SMILES string of the molecule is CCCSC1COc2ccccc2C1NCC. The van der Waals surface area contributed by atoms with Gasteiger partial charge in [-0.15, -0.1) is 0 Å². The molecule has 0 bridgehead atoms. The molecule has 0 saturated heterocycles. The van der Waals surface area contributed by atoms with Gasteiger partial charge in [-0.05, 0) is 24.8 Å². The fraction of sp³-hybridized carbons (Fsp3) is 0.571. The number of thioether (sulfide) groups is 1. The van der Waals surface area contributed by atoms with Gasteiger partial charge in [0.1, 0.15) is 12.4 Å². The average molecular weight is 251 g/mol. The van der Waals surface area contributed by atoms with Crippen LogP contribution in [0.5, 0.6) is 5.75 Å². The maximum absolute atomic E-state index is 5.85. The molecule has 1 heterocycles. The van der Waals surface area contributed by atoms with E-state index in [1.54, 1.807) is 0 Å². The molecule has 0 radical (unpaired) electrons. The van der Waals surface area contributed by atoms with E-state index in [2.05, 4.69) is 37.4 Å². The molecule has 0 saturated carbocycles. The van der Waals surface area contributed by atoms with E-state index in [9.17, 15) is 0 Å². The molecule has 1 N–H and O–H groups in total. The van der Waals surface area contributed by atoms with Crippen LogP contribution in [0.15, 0.2) is 24.3 Å². The Hall–Kier alpha value is -0.670. The monoisotopic (exact) mass is 251 g/mol. The smallest absolute Gasteiger partial charge is 0.124 e. The Bertz CT molecular complexity index is 356. The zero-order valence-electron chi connectivity index (χ0n) is 10.6. The van der Waals surface area contributed by atoms with Crippen LogP contribution in [-0.4, -0.2) is 24.2 Å². The van der Waals surface area contributed by atoms with Crippen LogP contribution < -0.4 is 10.1 Å². The van der Waals surface area contributed by atoms with Crippen LogP contribution in [0.25, 0.3) is 0 Å². The van der Waals surface area contributed by atoms with E-state index in [0.717, 1.165) is 18.9 Å². The fourth-order valence-electron chi connectivity index (χ4n) is 2.21. The zero-order chi connectivity index (χ0) is 12.1. The summed E-state index contributed by atoms with van der Waals surface area (Å²) in [7, 11) is 0. The van der Waals surface area contributed by atoms with Crippen LogP contribution in [0.1, 0.15) is 31.9 Å². The van der Waals surface area contributed by atoms with E-state index in [1.807, 2.05) is 17.8 Å². The second-order valence-corrected chi connectivity index (χ2v) is 5.64. The summed E-state index contributed by atoms with van der Waals surface area (Å²) in [6.07, 6.45) is 1.22. The second kappa shape index (κ2) is 6.31. The van der Waals surface area contributed by atoms with Gasteiger partial charge in [0.2, 0.25) is 0 Å². The van der Waals surface area contributed by atoms with Crippen LogP contribution in [0.4, 0.5) is 0 Å². The van der Waals surface area contributed by atoms with Crippen molar-refractivity contribution in [2.45, 2.75) is 31.6 Å². The van der Waals surface area contributed by atoms with Crippen molar-refractivity contribution in [2.24, 2.45) is 0 Å². The molecule has 3 heteroatoms. The van der Waals surface area contributed by atoms with Gasteiger partial charge in [-0.3, -0.25) is 0 Å². The van der Waals surface area contributed by atoms with Gasteiger partial charge in [-0.25, -0.2) is 0 Å². The minimum absolute atomic E-state index is 0.432. The summed E-state index contributed by atoms with van der Waals surface area (Å²) in [5.74, 6) is 2.25. The lowest BCUT2D eigenvalue weighted by atomic mass is 10.0. The molecule has 1 aliphatic heterocycles. The Morgan fingerprint density at radius 3 is 2.94 bits per heavy atom. The molecule has 1 aromatic rings. The Morgan fingerprint density at radius 1 is 1.35 bits per heavy atom. The molecule has 1 aromatic carbocycles. The minimum Gasteiger partial charge on any atom is -0.492 e. The average Bonchev–Trinajstić information content (AvgIpc) is 2.38. The molecular formula is C14H21NOS. The molecule has 94 valence electrons. The van der Waals surface area contributed by atoms with E-state index in [4.69, 9.17) is 4.74 Å². The molecule has 0 amide bonds. The summed E-state index contributed by atoms with van der Waals surface area (Å²) in [6.45, 7) is 6.22. The zero-order valence-corrected chi connectivity index (χ0v) is 11.4. The number of benzene rings is 1. The number of fused-ring (bicyclic) bond motifs is 1. The Morgan fingerprint density at radius 2 is 2.18 bits per heavy atom. The van der Waals surface area contributed by atoms with Crippen molar-refractivity contribution in [1.82, 2.24) is 5.32 Å². The first-order valence-electron chi connectivity index (χ1n) is 6.43. The van der Waals surface area contributed by atoms with E-state index < -0.39 is 0 Å². The molecule has 17 heavy (non-hydrogen) atoms. The fourth-order valence-corrected chi connectivity index (χ4v) is 3.35. The van der Waals surface area contributed by atoms with Crippen molar-refractivity contribution in [3.8, 4) is 5.75 Å². The third kappa shape index (κ3) is 2.96. The highest BCUT2D eigenvalue weighted by atomic mass is 32.2. The number of rotatable bonds is 5. The van der Waals surface area contributed by atoms with Gasteiger partial charge in [0.05, 0.1) is 11.3 Å². The van der Waals surface area contributed by atoms with E-state index in [0.29, 0.717) is 11.3 Å². The highest BCUT2D eigenvalue weighted by Gasteiger charge is 2.29. The van der Waals surface area contributed by atoms with Crippen molar-refractivity contribution in [2.75, 3.05) is 18.9 Å². The first kappa shape index (κ1) is 12.8. The lowest BCUT2D eigenvalue weighted by Gasteiger charge is -2.33. The van der Waals surface area contributed by atoms with Gasteiger partial charge in [-0.2, -0.15) is 11.8 Å². The molecule has 0 fully saturated rings. The first-order chi connectivity index (χ1) is 8.36. The summed E-state index contributed by atoms with van der Waals surface area (Å²) in [5.41, 5.74) is 1.31. The Balaban J connectivity index is 2.16. The van der Waals surface area contributed by atoms with Crippen molar-refractivity contribution < 1.29 is 4.74 Å². The van der Waals surface area contributed by atoms with Crippen LogP contribution in [0.3, 0.4) is 0 Å². The predicted octanol–water partition coefficient (Wildman–Crippen LogP) is 3.24. The van der Waals surface area contributed by atoms with Crippen molar-refractivity contribution in [3.63, 3.8) is 0 Å². The Kier molecular flexibility index (Phi) is 4.75. The summed E-state index contributed by atoms with van der Waals surface area (Å²) in [4.78, 5) is 0. The number of hydrogen-bond donors (Lipinski definition) is 1. The summed E-state index contributed by atoms with van der Waals surface area (Å²) >= 11 is 2.02. The lowest BCUT2D eigenvalue weighted by Crippen LogP contribution is -2.37.